The van der Waals surface area contributed by atoms with Crippen LogP contribution in [0.1, 0.15) is 119 Å². The number of thiazole rings is 1. The Morgan fingerprint density at radius 3 is 2.27 bits per heavy atom. The Kier molecular flexibility index (Phi) is 15.2. The second kappa shape index (κ2) is 18.6. The van der Waals surface area contributed by atoms with E-state index in [2.05, 4.69) is 36.6 Å². The maximum Gasteiger partial charge on any atom is 0.303 e. The highest BCUT2D eigenvalue weighted by Crippen LogP contribution is 2.33. The number of nitrogens with one attached hydrogen (secondary N) is 2. The molecule has 3 rings (SSSR count). The van der Waals surface area contributed by atoms with Crippen molar-refractivity contribution in [2.24, 2.45) is 23.7 Å². The van der Waals surface area contributed by atoms with E-state index in [1.165, 1.54) is 18.3 Å². The van der Waals surface area contributed by atoms with Crippen LogP contribution in [-0.2, 0) is 25.5 Å². The second-order valence-corrected chi connectivity index (χ2v) is 15.8. The number of ether oxygens (including phenoxy) is 1. The lowest BCUT2D eigenvalue weighted by Gasteiger charge is -2.36. The molecule has 2 heterocycles. The van der Waals surface area contributed by atoms with E-state index in [0.29, 0.717) is 29.5 Å². The average Bonchev–Trinajstić information content (AvgIpc) is 3.42. The summed E-state index contributed by atoms with van der Waals surface area (Å²) in [6, 6.07) is 9.57. The predicted molar refractivity (Wildman–Crippen MR) is 192 cm³/mol. The fourth-order valence-electron chi connectivity index (χ4n) is 6.70. The maximum absolute atomic E-state index is 14.0. The number of amides is 2. The normalized spacial score (nSPS) is 17.5. The van der Waals surface area contributed by atoms with E-state index >= 15 is 0 Å². The lowest BCUT2D eigenvalue weighted by Crippen LogP contribution is -2.47. The molecule has 0 aliphatic carbocycles. The quantitative estimate of drug-likeness (QED) is 0.179. The van der Waals surface area contributed by atoms with Crippen molar-refractivity contribution in [2.75, 3.05) is 13.6 Å². The molecule has 0 unspecified atom stereocenters. The summed E-state index contributed by atoms with van der Waals surface area (Å²) in [4.78, 5) is 60.4. The summed E-state index contributed by atoms with van der Waals surface area (Å²) in [6.07, 6.45) is 4.21. The van der Waals surface area contributed by atoms with Crippen molar-refractivity contribution < 1.29 is 23.9 Å². The molecule has 1 aromatic heterocycles. The first-order valence-corrected chi connectivity index (χ1v) is 18.5. The topological polar surface area (TPSA) is 118 Å². The van der Waals surface area contributed by atoms with Gasteiger partial charge in [-0.1, -0.05) is 78.3 Å². The Morgan fingerprint density at radius 2 is 1.71 bits per heavy atom. The molecule has 5 atom stereocenters. The van der Waals surface area contributed by atoms with Crippen LogP contribution in [0.4, 0.5) is 0 Å². The number of aryl methyl sites for hydroxylation is 1. The molecule has 0 bridgehead atoms. The molecule has 0 radical (unpaired) electrons. The van der Waals surface area contributed by atoms with Gasteiger partial charge in [-0.3, -0.25) is 19.2 Å². The van der Waals surface area contributed by atoms with Gasteiger partial charge in [-0.05, 0) is 62.5 Å². The van der Waals surface area contributed by atoms with Crippen LogP contribution in [0.3, 0.4) is 0 Å². The molecule has 2 N–H and O–H groups in total. The third kappa shape index (κ3) is 11.5. The first-order chi connectivity index (χ1) is 22.7. The number of aromatic nitrogens is 1. The molecule has 0 spiro atoms. The molecule has 10 heteroatoms. The fraction of sp³-hybridized carbons (Fsp3) is 0.658. The highest BCUT2D eigenvalue weighted by atomic mass is 32.1. The number of carbonyl (C=O) groups is 4. The van der Waals surface area contributed by atoms with Gasteiger partial charge >= 0.3 is 5.97 Å². The van der Waals surface area contributed by atoms with E-state index in [0.717, 1.165) is 42.7 Å². The van der Waals surface area contributed by atoms with Crippen molar-refractivity contribution in [2.45, 2.75) is 125 Å². The maximum atomic E-state index is 14.0. The van der Waals surface area contributed by atoms with E-state index in [9.17, 15) is 19.2 Å². The van der Waals surface area contributed by atoms with E-state index in [-0.39, 0.29) is 54.0 Å². The Balaban J connectivity index is 1.81. The van der Waals surface area contributed by atoms with Gasteiger partial charge in [0, 0.05) is 49.7 Å². The minimum absolute atomic E-state index is 0.0198. The summed E-state index contributed by atoms with van der Waals surface area (Å²) in [5, 5.41) is 7.06. The standard InChI is InChI=1S/C38H58N4O5S/c1-23(2)19-29(20-28-15-11-10-12-16-28)40-36(45)35-26(7)48-37(41-35)34(47-27(8)43)22-32(25(5)6)42(9)38(46)30(24(3)4)21-33(44)31-17-13-14-18-39-31/h10-12,15-16,23-25,29-32,34,39H,13-14,17-22H2,1-9H3,(H,40,45)/t29-,30+,31-,32-,34-/m1/s1. The Hall–Kier alpha value is -3.11. The summed E-state index contributed by atoms with van der Waals surface area (Å²) in [6.45, 7) is 16.4. The lowest BCUT2D eigenvalue weighted by molar-refractivity contribution is -0.149. The average molecular weight is 683 g/mol. The molecule has 1 saturated heterocycles. The van der Waals surface area contributed by atoms with E-state index in [4.69, 9.17) is 9.72 Å². The zero-order chi connectivity index (χ0) is 35.5. The minimum Gasteiger partial charge on any atom is -0.455 e. The van der Waals surface area contributed by atoms with Gasteiger partial charge in [0.2, 0.25) is 5.91 Å². The van der Waals surface area contributed by atoms with E-state index in [1.54, 1.807) is 11.9 Å². The van der Waals surface area contributed by atoms with Gasteiger partial charge in [-0.25, -0.2) is 4.98 Å². The zero-order valence-corrected chi connectivity index (χ0v) is 31.3. The highest BCUT2D eigenvalue weighted by molar-refractivity contribution is 7.12. The number of benzene rings is 1. The molecule has 1 aliphatic heterocycles. The van der Waals surface area contributed by atoms with Crippen molar-refractivity contribution in [3.05, 3.63) is 51.5 Å². The van der Waals surface area contributed by atoms with Crippen molar-refractivity contribution >= 4 is 34.9 Å². The van der Waals surface area contributed by atoms with Gasteiger partial charge < -0.3 is 20.3 Å². The van der Waals surface area contributed by atoms with Crippen LogP contribution in [-0.4, -0.2) is 65.2 Å². The summed E-state index contributed by atoms with van der Waals surface area (Å²) in [5.41, 5.74) is 1.48. The van der Waals surface area contributed by atoms with Crippen LogP contribution in [0.25, 0.3) is 0 Å². The van der Waals surface area contributed by atoms with E-state index < -0.39 is 18.0 Å². The number of Topliss-reactive ketones (excluding diaryl/α,β-unsaturated/α-hetero) is 1. The van der Waals surface area contributed by atoms with Crippen LogP contribution in [0.2, 0.25) is 0 Å². The van der Waals surface area contributed by atoms with Gasteiger partial charge in [0.1, 0.15) is 10.7 Å². The summed E-state index contributed by atoms with van der Waals surface area (Å²) >= 11 is 1.34. The zero-order valence-electron chi connectivity index (χ0n) is 30.5. The number of piperidine rings is 1. The summed E-state index contributed by atoms with van der Waals surface area (Å²) in [7, 11) is 1.78. The molecular weight excluding hydrogens is 625 g/mol. The Labute approximate surface area is 292 Å². The van der Waals surface area contributed by atoms with Crippen molar-refractivity contribution in [3.8, 4) is 0 Å². The van der Waals surface area contributed by atoms with Crippen LogP contribution < -0.4 is 10.6 Å². The first-order valence-electron chi connectivity index (χ1n) is 17.7. The molecule has 2 aromatic rings. The smallest absolute Gasteiger partial charge is 0.303 e. The number of rotatable bonds is 17. The molecule has 1 aromatic carbocycles. The number of hydrogen-bond acceptors (Lipinski definition) is 8. The first kappa shape index (κ1) is 39.3. The minimum atomic E-state index is -0.739. The van der Waals surface area contributed by atoms with Crippen LogP contribution >= 0.6 is 11.3 Å². The number of ketones is 1. The van der Waals surface area contributed by atoms with Crippen LogP contribution in [0.15, 0.2) is 30.3 Å². The lowest BCUT2D eigenvalue weighted by atomic mass is 9.85. The molecule has 0 saturated carbocycles. The summed E-state index contributed by atoms with van der Waals surface area (Å²) in [5.74, 6) is -0.746. The predicted octanol–water partition coefficient (Wildman–Crippen LogP) is 6.69. The van der Waals surface area contributed by atoms with Gasteiger partial charge in [0.05, 0.1) is 6.04 Å². The number of esters is 1. The van der Waals surface area contributed by atoms with Gasteiger partial charge in [-0.15, -0.1) is 11.3 Å². The number of hydrogen-bond donors (Lipinski definition) is 2. The largest absolute Gasteiger partial charge is 0.455 e. The molecule has 266 valence electrons. The van der Waals surface area contributed by atoms with E-state index in [1.807, 2.05) is 52.8 Å². The van der Waals surface area contributed by atoms with Gasteiger partial charge in [0.25, 0.3) is 5.91 Å². The highest BCUT2D eigenvalue weighted by Gasteiger charge is 2.36. The van der Waals surface area contributed by atoms with Gasteiger partial charge in [0.15, 0.2) is 11.9 Å². The third-order valence-corrected chi connectivity index (χ3v) is 10.4. The monoisotopic (exact) mass is 682 g/mol. The fourth-order valence-corrected chi connectivity index (χ4v) is 7.66. The van der Waals surface area contributed by atoms with Crippen LogP contribution in [0, 0.1) is 30.6 Å². The molecule has 1 aliphatic rings. The van der Waals surface area contributed by atoms with Crippen molar-refractivity contribution in [1.29, 1.82) is 0 Å². The van der Waals surface area contributed by atoms with Crippen molar-refractivity contribution in [3.63, 3.8) is 0 Å². The number of carbonyl (C=O) groups excluding carboxylic acids is 4. The SMILES string of the molecule is CC(=O)O[C@H](C[C@H](C(C)C)N(C)C(=O)[C@@H](CC(=O)[C@H]1CCCCN1)C(C)C)c1nc(C(=O)N[C@@H](Cc2ccccc2)CC(C)C)c(C)s1. The molecule has 1 fully saturated rings. The molecule has 9 nitrogen and oxygen atoms in total. The van der Waals surface area contributed by atoms with Crippen molar-refractivity contribution in [1.82, 2.24) is 20.5 Å². The Bertz CT molecular complexity index is 1350. The van der Waals surface area contributed by atoms with Crippen LogP contribution in [0.5, 0.6) is 0 Å². The Morgan fingerprint density at radius 1 is 1.02 bits per heavy atom. The molecule has 2 amide bonds. The summed E-state index contributed by atoms with van der Waals surface area (Å²) < 4.78 is 5.84. The van der Waals surface area contributed by atoms with Gasteiger partial charge in [-0.2, -0.15) is 0 Å². The number of nitrogens with zero attached hydrogens (tertiary/aromatic N) is 2. The molecular formula is C38H58N4O5S. The second-order valence-electron chi connectivity index (χ2n) is 14.6. The molecule has 48 heavy (non-hydrogen) atoms. The third-order valence-electron chi connectivity index (χ3n) is 9.34.